The molecule has 6 N–H and O–H groups in total. The number of rotatable bonds is 15. The molecule has 0 fully saturated rings. The van der Waals surface area contributed by atoms with E-state index in [9.17, 15) is 14.7 Å². The van der Waals surface area contributed by atoms with Crippen LogP contribution in [0.3, 0.4) is 0 Å². The summed E-state index contributed by atoms with van der Waals surface area (Å²) in [6.45, 7) is 1.41. The van der Waals surface area contributed by atoms with Crippen molar-refractivity contribution in [3.63, 3.8) is 0 Å². The molecule has 1 aliphatic heterocycles. The molecule has 3 heterocycles. The van der Waals surface area contributed by atoms with Crippen molar-refractivity contribution >= 4 is 29.3 Å². The molecule has 0 saturated carbocycles. The van der Waals surface area contributed by atoms with E-state index in [2.05, 4.69) is 33.1 Å². The van der Waals surface area contributed by atoms with Crippen LogP contribution in [0.2, 0.25) is 0 Å². The van der Waals surface area contributed by atoms with Crippen molar-refractivity contribution in [1.82, 2.24) is 15.3 Å². The standard InChI is InChI=1S/C26H34N6O4/c27-20(5-1-6-21-9-8-18-4-2-13-31-26(18)32-21)11-15-28-22(17-25(35)36)19-10-14-30-23(16-19)29-12-3-7-24(33)34/h8-11,14-16,22,27-28H,1-7,12-13,17H2,(H,29,30)(H,31,32)(H,33,34)(H,35,36)/b15-11-,27-20?. The summed E-state index contributed by atoms with van der Waals surface area (Å²) in [4.78, 5) is 30.9. The van der Waals surface area contributed by atoms with Crippen LogP contribution in [0, 0.1) is 5.41 Å². The molecule has 10 heteroatoms. The van der Waals surface area contributed by atoms with E-state index in [0.29, 0.717) is 30.9 Å². The van der Waals surface area contributed by atoms with Gasteiger partial charge in [0, 0.05) is 37.1 Å². The number of fused-ring (bicyclic) bond motifs is 1. The number of aliphatic carboxylic acids is 2. The predicted molar refractivity (Wildman–Crippen MR) is 139 cm³/mol. The number of carboxylic acids is 2. The Morgan fingerprint density at radius 3 is 2.83 bits per heavy atom. The second kappa shape index (κ2) is 13.8. The van der Waals surface area contributed by atoms with Crippen LogP contribution in [-0.4, -0.2) is 50.9 Å². The summed E-state index contributed by atoms with van der Waals surface area (Å²) < 4.78 is 0. The third-order valence-corrected chi connectivity index (χ3v) is 5.85. The molecule has 1 atom stereocenters. The average molecular weight is 495 g/mol. The van der Waals surface area contributed by atoms with Crippen LogP contribution in [-0.2, 0) is 22.4 Å². The molecule has 0 spiro atoms. The van der Waals surface area contributed by atoms with Crippen molar-refractivity contribution in [3.05, 3.63) is 59.6 Å². The van der Waals surface area contributed by atoms with Gasteiger partial charge in [-0.05, 0) is 80.1 Å². The van der Waals surface area contributed by atoms with Crippen LogP contribution in [0.25, 0.3) is 0 Å². The highest BCUT2D eigenvalue weighted by Crippen LogP contribution is 2.21. The second-order valence-corrected chi connectivity index (χ2v) is 8.77. The first-order chi connectivity index (χ1) is 17.4. The largest absolute Gasteiger partial charge is 0.481 e. The fraction of sp³-hybridized carbons (Fsp3) is 0.423. The fourth-order valence-electron chi connectivity index (χ4n) is 3.98. The zero-order valence-electron chi connectivity index (χ0n) is 20.3. The highest BCUT2D eigenvalue weighted by molar-refractivity contribution is 5.92. The number of aryl methyl sites for hydroxylation is 2. The van der Waals surface area contributed by atoms with Crippen LogP contribution in [0.15, 0.2) is 42.7 Å². The van der Waals surface area contributed by atoms with Gasteiger partial charge in [-0.25, -0.2) is 9.97 Å². The minimum atomic E-state index is -0.948. The lowest BCUT2D eigenvalue weighted by molar-refractivity contribution is -0.138. The molecule has 0 amide bonds. The van der Waals surface area contributed by atoms with Gasteiger partial charge in [-0.3, -0.25) is 9.59 Å². The van der Waals surface area contributed by atoms with Crippen molar-refractivity contribution in [1.29, 1.82) is 5.41 Å². The van der Waals surface area contributed by atoms with Crippen molar-refractivity contribution in [2.24, 2.45) is 0 Å². The van der Waals surface area contributed by atoms with Gasteiger partial charge in [-0.15, -0.1) is 0 Å². The Bertz CT molecular complexity index is 1090. The topological polar surface area (TPSA) is 160 Å². The first kappa shape index (κ1) is 26.7. The van der Waals surface area contributed by atoms with Crippen LogP contribution >= 0.6 is 0 Å². The number of pyridine rings is 2. The molecule has 0 aromatic carbocycles. The summed E-state index contributed by atoms with van der Waals surface area (Å²) in [7, 11) is 0. The summed E-state index contributed by atoms with van der Waals surface area (Å²) in [5.41, 5.74) is 3.46. The number of hydrogen-bond donors (Lipinski definition) is 6. The molecular weight excluding hydrogens is 460 g/mol. The van der Waals surface area contributed by atoms with Crippen LogP contribution in [0.4, 0.5) is 11.6 Å². The molecule has 10 nitrogen and oxygen atoms in total. The van der Waals surface area contributed by atoms with E-state index in [1.165, 1.54) is 5.56 Å². The molecule has 0 radical (unpaired) electrons. The van der Waals surface area contributed by atoms with Crippen molar-refractivity contribution < 1.29 is 19.8 Å². The first-order valence-corrected chi connectivity index (χ1v) is 12.3. The fourth-order valence-corrected chi connectivity index (χ4v) is 3.98. The molecule has 192 valence electrons. The Balaban J connectivity index is 1.48. The number of aromatic nitrogens is 2. The van der Waals surface area contributed by atoms with E-state index in [4.69, 9.17) is 15.5 Å². The Morgan fingerprint density at radius 2 is 2.03 bits per heavy atom. The summed E-state index contributed by atoms with van der Waals surface area (Å²) in [6.07, 6.45) is 9.62. The molecule has 36 heavy (non-hydrogen) atoms. The lowest BCUT2D eigenvalue weighted by atomic mass is 10.0. The minimum Gasteiger partial charge on any atom is -0.481 e. The molecule has 1 aliphatic rings. The Labute approximate surface area is 210 Å². The maximum atomic E-state index is 11.4. The van der Waals surface area contributed by atoms with Crippen molar-refractivity contribution in [2.75, 3.05) is 23.7 Å². The van der Waals surface area contributed by atoms with E-state index in [1.807, 2.05) is 0 Å². The summed E-state index contributed by atoms with van der Waals surface area (Å²) in [6, 6.07) is 7.19. The van der Waals surface area contributed by atoms with Gasteiger partial charge in [-0.2, -0.15) is 0 Å². The van der Waals surface area contributed by atoms with Gasteiger partial charge in [0.05, 0.1) is 12.5 Å². The summed E-state index contributed by atoms with van der Waals surface area (Å²) in [5, 5.41) is 35.8. The number of hydrogen-bond acceptors (Lipinski definition) is 8. The van der Waals surface area contributed by atoms with Gasteiger partial charge in [0.25, 0.3) is 0 Å². The second-order valence-electron chi connectivity index (χ2n) is 8.77. The molecule has 0 bridgehead atoms. The summed E-state index contributed by atoms with van der Waals surface area (Å²) in [5.74, 6) is -0.264. The molecule has 1 unspecified atom stereocenters. The van der Waals surface area contributed by atoms with Crippen LogP contribution in [0.5, 0.6) is 0 Å². The minimum absolute atomic E-state index is 0.0632. The van der Waals surface area contributed by atoms with Crippen LogP contribution < -0.4 is 16.0 Å². The monoisotopic (exact) mass is 494 g/mol. The van der Waals surface area contributed by atoms with Gasteiger partial charge in [0.15, 0.2) is 0 Å². The van der Waals surface area contributed by atoms with Gasteiger partial charge in [0.1, 0.15) is 11.6 Å². The zero-order valence-corrected chi connectivity index (χ0v) is 20.3. The van der Waals surface area contributed by atoms with Crippen LogP contribution in [0.1, 0.15) is 61.4 Å². The number of allylic oxidation sites excluding steroid dienone is 1. The lowest BCUT2D eigenvalue weighted by Crippen LogP contribution is -2.20. The molecule has 2 aromatic heterocycles. The van der Waals surface area contributed by atoms with Gasteiger partial charge in [-0.1, -0.05) is 6.07 Å². The molecule has 0 aliphatic carbocycles. The molecule has 0 saturated heterocycles. The molecule has 2 aromatic rings. The third-order valence-electron chi connectivity index (χ3n) is 5.85. The van der Waals surface area contributed by atoms with E-state index in [0.717, 1.165) is 49.3 Å². The lowest BCUT2D eigenvalue weighted by Gasteiger charge is -2.17. The Kier molecular flexibility index (Phi) is 10.2. The number of carboxylic acid groups (broad SMARTS) is 2. The van der Waals surface area contributed by atoms with Gasteiger partial charge >= 0.3 is 11.9 Å². The predicted octanol–water partition coefficient (Wildman–Crippen LogP) is 3.77. The van der Waals surface area contributed by atoms with Gasteiger partial charge < -0.3 is 31.6 Å². The Morgan fingerprint density at radius 1 is 1.17 bits per heavy atom. The summed E-state index contributed by atoms with van der Waals surface area (Å²) >= 11 is 0. The highest BCUT2D eigenvalue weighted by atomic mass is 16.4. The smallest absolute Gasteiger partial charge is 0.305 e. The molecular formula is C26H34N6O4. The van der Waals surface area contributed by atoms with E-state index in [-0.39, 0.29) is 12.8 Å². The maximum absolute atomic E-state index is 11.4. The quantitative estimate of drug-likeness (QED) is 0.160. The van der Waals surface area contributed by atoms with E-state index >= 15 is 0 Å². The zero-order chi connectivity index (χ0) is 25.8. The Hall–Kier alpha value is -3.95. The SMILES string of the molecule is N=C(/C=C\NC(CC(=O)O)c1ccnc(NCCCC(=O)O)c1)CCCc1ccc2c(n1)NCCC2. The van der Waals surface area contributed by atoms with Gasteiger partial charge in [0.2, 0.25) is 0 Å². The van der Waals surface area contributed by atoms with Crippen molar-refractivity contribution in [2.45, 2.75) is 57.4 Å². The molecule has 3 rings (SSSR count). The number of nitrogens with one attached hydrogen (secondary N) is 4. The van der Waals surface area contributed by atoms with E-state index < -0.39 is 18.0 Å². The highest BCUT2D eigenvalue weighted by Gasteiger charge is 2.15. The normalized spacial score (nSPS) is 13.4. The van der Waals surface area contributed by atoms with E-state index in [1.54, 1.807) is 30.6 Å². The first-order valence-electron chi connectivity index (χ1n) is 12.3. The average Bonchev–Trinajstić information content (AvgIpc) is 2.86. The van der Waals surface area contributed by atoms with Crippen molar-refractivity contribution in [3.8, 4) is 0 Å². The maximum Gasteiger partial charge on any atom is 0.305 e. The third kappa shape index (κ3) is 9.01. The number of nitrogens with zero attached hydrogens (tertiary/aromatic N) is 2. The number of carbonyl (C=O) groups is 2. The number of anilines is 2.